The zero-order valence-electron chi connectivity index (χ0n) is 11.1. The van der Waals surface area contributed by atoms with Gasteiger partial charge in [-0.1, -0.05) is 45.4 Å². The Hall–Kier alpha value is -0.570. The highest BCUT2D eigenvalue weighted by atomic mass is 16.2. The van der Waals surface area contributed by atoms with E-state index < -0.39 is 0 Å². The first-order chi connectivity index (χ1) is 7.66. The number of nitrogens with one attached hydrogen (secondary N) is 2. The molecule has 0 radical (unpaired) electrons. The maximum Gasteiger partial charge on any atom is 0.234 e. The topological polar surface area (TPSA) is 41.1 Å². The molecule has 16 heavy (non-hydrogen) atoms. The van der Waals surface area contributed by atoms with Gasteiger partial charge in [0.2, 0.25) is 5.91 Å². The normalized spacial score (nSPS) is 10.8. The van der Waals surface area contributed by atoms with Crippen molar-refractivity contribution in [1.82, 2.24) is 10.9 Å². The van der Waals surface area contributed by atoms with Crippen molar-refractivity contribution in [2.75, 3.05) is 0 Å². The summed E-state index contributed by atoms with van der Waals surface area (Å²) in [6, 6.07) is 0.304. The van der Waals surface area contributed by atoms with Crippen molar-refractivity contribution in [1.29, 1.82) is 0 Å². The molecule has 0 saturated heterocycles. The smallest absolute Gasteiger partial charge is 0.234 e. The minimum Gasteiger partial charge on any atom is -0.291 e. The molecule has 0 spiro atoms. The number of carbonyl (C=O) groups is 1. The van der Waals surface area contributed by atoms with Gasteiger partial charge in [-0.3, -0.25) is 10.2 Å². The summed E-state index contributed by atoms with van der Waals surface area (Å²) in [4.78, 5) is 11.3. The molecule has 0 heterocycles. The van der Waals surface area contributed by atoms with Gasteiger partial charge in [0.05, 0.1) is 0 Å². The van der Waals surface area contributed by atoms with Crippen molar-refractivity contribution in [2.45, 2.75) is 78.2 Å². The van der Waals surface area contributed by atoms with E-state index in [4.69, 9.17) is 0 Å². The van der Waals surface area contributed by atoms with Crippen LogP contribution in [0.4, 0.5) is 0 Å². The zero-order chi connectivity index (χ0) is 12.2. The van der Waals surface area contributed by atoms with Crippen LogP contribution in [0.5, 0.6) is 0 Å². The summed E-state index contributed by atoms with van der Waals surface area (Å²) in [5.41, 5.74) is 5.62. The van der Waals surface area contributed by atoms with Gasteiger partial charge in [0.25, 0.3) is 0 Å². The highest BCUT2D eigenvalue weighted by Gasteiger charge is 2.00. The highest BCUT2D eigenvalue weighted by Crippen LogP contribution is 2.07. The third kappa shape index (κ3) is 11.5. The van der Waals surface area contributed by atoms with Crippen LogP contribution in [0.3, 0.4) is 0 Å². The van der Waals surface area contributed by atoms with E-state index >= 15 is 0 Å². The fourth-order valence-corrected chi connectivity index (χ4v) is 1.53. The van der Waals surface area contributed by atoms with Crippen LogP contribution < -0.4 is 10.9 Å². The molecule has 1 amide bonds. The third-order valence-electron chi connectivity index (χ3n) is 2.51. The van der Waals surface area contributed by atoms with Crippen LogP contribution in [-0.2, 0) is 4.79 Å². The first kappa shape index (κ1) is 15.4. The van der Waals surface area contributed by atoms with Crippen molar-refractivity contribution in [3.63, 3.8) is 0 Å². The quantitative estimate of drug-likeness (QED) is 0.445. The summed E-state index contributed by atoms with van der Waals surface area (Å²) in [7, 11) is 0. The van der Waals surface area contributed by atoms with Crippen LogP contribution in [0, 0.1) is 0 Å². The molecular formula is C13H28N2O. The number of unbranched alkanes of at least 4 members (excludes halogenated alkanes) is 6. The molecule has 0 aliphatic rings. The molecular weight excluding hydrogens is 200 g/mol. The molecule has 0 bridgehead atoms. The first-order valence-electron chi connectivity index (χ1n) is 6.71. The number of hydrazine groups is 1. The Morgan fingerprint density at radius 1 is 1.00 bits per heavy atom. The van der Waals surface area contributed by atoms with Gasteiger partial charge in [0.15, 0.2) is 0 Å². The Bertz CT molecular complexity index is 169. The predicted octanol–water partition coefficient (Wildman–Crippen LogP) is 3.16. The molecule has 3 nitrogen and oxygen atoms in total. The SMILES string of the molecule is CCCCCCCCCC(=O)NNC(C)C. The largest absolute Gasteiger partial charge is 0.291 e. The summed E-state index contributed by atoms with van der Waals surface area (Å²) in [5, 5.41) is 0. The number of hydrogen-bond acceptors (Lipinski definition) is 2. The summed E-state index contributed by atoms with van der Waals surface area (Å²) in [5.74, 6) is 0.113. The molecule has 2 N–H and O–H groups in total. The van der Waals surface area contributed by atoms with Crippen molar-refractivity contribution in [3.05, 3.63) is 0 Å². The molecule has 0 aromatic rings. The van der Waals surface area contributed by atoms with E-state index in [1.807, 2.05) is 13.8 Å². The van der Waals surface area contributed by atoms with Gasteiger partial charge in [-0.05, 0) is 20.3 Å². The second-order valence-electron chi connectivity index (χ2n) is 4.72. The van der Waals surface area contributed by atoms with Crippen molar-refractivity contribution >= 4 is 5.91 Å². The lowest BCUT2D eigenvalue weighted by Gasteiger charge is -2.09. The van der Waals surface area contributed by atoms with Gasteiger partial charge in [-0.25, -0.2) is 5.43 Å². The van der Waals surface area contributed by atoms with E-state index in [2.05, 4.69) is 17.8 Å². The molecule has 3 heteroatoms. The number of rotatable bonds is 10. The van der Waals surface area contributed by atoms with Gasteiger partial charge in [-0.15, -0.1) is 0 Å². The fraction of sp³-hybridized carbons (Fsp3) is 0.923. The first-order valence-corrected chi connectivity index (χ1v) is 6.71. The van der Waals surface area contributed by atoms with Crippen LogP contribution in [0.2, 0.25) is 0 Å². The van der Waals surface area contributed by atoms with E-state index in [0.717, 1.165) is 6.42 Å². The van der Waals surface area contributed by atoms with Crippen LogP contribution in [0.1, 0.15) is 72.1 Å². The molecule has 0 unspecified atom stereocenters. The Kier molecular flexibility index (Phi) is 10.5. The minimum absolute atomic E-state index is 0.113. The van der Waals surface area contributed by atoms with Gasteiger partial charge in [0.1, 0.15) is 0 Å². The van der Waals surface area contributed by atoms with Gasteiger partial charge < -0.3 is 0 Å². The molecule has 0 saturated carbocycles. The number of carbonyl (C=O) groups excluding carboxylic acids is 1. The monoisotopic (exact) mass is 228 g/mol. The number of amides is 1. The molecule has 0 aromatic heterocycles. The maximum absolute atomic E-state index is 11.3. The van der Waals surface area contributed by atoms with Gasteiger partial charge in [-0.2, -0.15) is 0 Å². The number of hydrogen-bond donors (Lipinski definition) is 2. The molecule has 0 fully saturated rings. The molecule has 96 valence electrons. The molecule has 0 atom stereocenters. The third-order valence-corrected chi connectivity index (χ3v) is 2.51. The Morgan fingerprint density at radius 2 is 1.56 bits per heavy atom. The average molecular weight is 228 g/mol. The van der Waals surface area contributed by atoms with Crippen molar-refractivity contribution in [2.24, 2.45) is 0 Å². The van der Waals surface area contributed by atoms with E-state index in [1.54, 1.807) is 0 Å². The van der Waals surface area contributed by atoms with Gasteiger partial charge >= 0.3 is 0 Å². The Labute approximate surface area is 100 Å². The van der Waals surface area contributed by atoms with E-state index in [0.29, 0.717) is 12.5 Å². The lowest BCUT2D eigenvalue weighted by molar-refractivity contribution is -0.122. The Morgan fingerprint density at radius 3 is 2.12 bits per heavy atom. The standard InChI is InChI=1S/C13H28N2O/c1-4-5-6-7-8-9-10-11-13(16)15-14-12(2)3/h12,14H,4-11H2,1-3H3,(H,15,16). The van der Waals surface area contributed by atoms with E-state index in [9.17, 15) is 4.79 Å². The predicted molar refractivity (Wildman–Crippen MR) is 69.0 cm³/mol. The maximum atomic E-state index is 11.3. The second kappa shape index (κ2) is 10.9. The second-order valence-corrected chi connectivity index (χ2v) is 4.72. The van der Waals surface area contributed by atoms with Gasteiger partial charge in [0, 0.05) is 12.5 Å². The fourth-order valence-electron chi connectivity index (χ4n) is 1.53. The average Bonchev–Trinajstić information content (AvgIpc) is 2.25. The summed E-state index contributed by atoms with van der Waals surface area (Å²) in [6.45, 7) is 6.24. The van der Waals surface area contributed by atoms with Crippen molar-refractivity contribution < 1.29 is 4.79 Å². The zero-order valence-corrected chi connectivity index (χ0v) is 11.1. The van der Waals surface area contributed by atoms with Crippen LogP contribution >= 0.6 is 0 Å². The highest BCUT2D eigenvalue weighted by molar-refractivity contribution is 5.75. The van der Waals surface area contributed by atoms with Crippen LogP contribution in [0.25, 0.3) is 0 Å². The molecule has 0 rings (SSSR count). The van der Waals surface area contributed by atoms with Crippen LogP contribution in [-0.4, -0.2) is 11.9 Å². The Balaban J connectivity index is 3.15. The molecule has 0 aliphatic heterocycles. The molecule has 0 aliphatic carbocycles. The minimum atomic E-state index is 0.113. The van der Waals surface area contributed by atoms with Crippen molar-refractivity contribution in [3.8, 4) is 0 Å². The summed E-state index contributed by atoms with van der Waals surface area (Å²) in [6.07, 6.45) is 9.41. The van der Waals surface area contributed by atoms with E-state index in [1.165, 1.54) is 38.5 Å². The lowest BCUT2D eigenvalue weighted by Crippen LogP contribution is -2.41. The van der Waals surface area contributed by atoms with E-state index in [-0.39, 0.29) is 5.91 Å². The summed E-state index contributed by atoms with van der Waals surface area (Å²) >= 11 is 0. The summed E-state index contributed by atoms with van der Waals surface area (Å²) < 4.78 is 0. The lowest BCUT2D eigenvalue weighted by atomic mass is 10.1. The molecule has 0 aromatic carbocycles. The van der Waals surface area contributed by atoms with Crippen LogP contribution in [0.15, 0.2) is 0 Å².